The maximum absolute atomic E-state index is 10.0. The summed E-state index contributed by atoms with van der Waals surface area (Å²) in [5, 5.41) is 13.5. The van der Waals surface area contributed by atoms with E-state index >= 15 is 0 Å². The van der Waals surface area contributed by atoms with Gasteiger partial charge in [-0.1, -0.05) is 6.07 Å². The highest BCUT2D eigenvalue weighted by Gasteiger charge is 2.13. The fraction of sp³-hybridized carbons (Fsp3) is 0.600. The summed E-state index contributed by atoms with van der Waals surface area (Å²) >= 11 is 2.03. The van der Waals surface area contributed by atoms with Gasteiger partial charge in [-0.25, -0.2) is 0 Å². The number of benzene rings is 1. The number of hydrogen-bond acceptors (Lipinski definition) is 5. The number of nitrogens with one attached hydrogen (secondary N) is 1. The Balaban J connectivity index is 1.80. The minimum absolute atomic E-state index is 0.139. The molecule has 2 rings (SSSR count). The second-order valence-electron chi connectivity index (χ2n) is 5.05. The zero-order valence-electron chi connectivity index (χ0n) is 12.3. The van der Waals surface area contributed by atoms with Crippen molar-refractivity contribution >= 4 is 11.8 Å². The molecule has 0 saturated carbocycles. The average Bonchev–Trinajstić information content (AvgIpc) is 2.48. The standard InChI is InChI=1S/C15H24N2O2S/c1-12(14-4-3-13(19-2)11-15(14)18)16-5-6-17-7-9-20-10-8-17/h3-4,11-12,16,18H,5-10H2,1-2H3. The molecule has 0 radical (unpaired) electrons. The van der Waals surface area contributed by atoms with Gasteiger partial charge in [0.1, 0.15) is 11.5 Å². The van der Waals surface area contributed by atoms with Gasteiger partial charge in [0.05, 0.1) is 7.11 Å². The number of methoxy groups -OCH3 is 1. The summed E-state index contributed by atoms with van der Waals surface area (Å²) in [4.78, 5) is 2.49. The van der Waals surface area contributed by atoms with Gasteiger partial charge in [0.25, 0.3) is 0 Å². The van der Waals surface area contributed by atoms with Crippen molar-refractivity contribution in [3.8, 4) is 11.5 Å². The van der Waals surface area contributed by atoms with Crippen molar-refractivity contribution < 1.29 is 9.84 Å². The molecular formula is C15H24N2O2S. The Bertz CT molecular complexity index is 422. The zero-order valence-corrected chi connectivity index (χ0v) is 13.1. The zero-order chi connectivity index (χ0) is 14.4. The van der Waals surface area contributed by atoms with Gasteiger partial charge in [-0.15, -0.1) is 0 Å². The van der Waals surface area contributed by atoms with Crippen LogP contribution >= 0.6 is 11.8 Å². The molecule has 0 aromatic heterocycles. The highest BCUT2D eigenvalue weighted by Crippen LogP contribution is 2.28. The van der Waals surface area contributed by atoms with Crippen LogP contribution in [0.3, 0.4) is 0 Å². The molecule has 0 amide bonds. The van der Waals surface area contributed by atoms with Crippen molar-refractivity contribution in [3.05, 3.63) is 23.8 Å². The Morgan fingerprint density at radius 1 is 1.40 bits per heavy atom. The first-order valence-electron chi connectivity index (χ1n) is 7.11. The Morgan fingerprint density at radius 2 is 2.15 bits per heavy atom. The molecule has 1 saturated heterocycles. The Morgan fingerprint density at radius 3 is 2.80 bits per heavy atom. The fourth-order valence-electron chi connectivity index (χ4n) is 2.39. The SMILES string of the molecule is COc1ccc(C(C)NCCN2CCSCC2)c(O)c1. The second-order valence-corrected chi connectivity index (χ2v) is 6.28. The third-order valence-electron chi connectivity index (χ3n) is 3.69. The minimum Gasteiger partial charge on any atom is -0.507 e. The van der Waals surface area contributed by atoms with Crippen molar-refractivity contribution in [1.29, 1.82) is 0 Å². The Kier molecular flexibility index (Phi) is 6.01. The van der Waals surface area contributed by atoms with E-state index in [9.17, 15) is 5.11 Å². The molecule has 1 aromatic rings. The predicted molar refractivity (Wildman–Crippen MR) is 84.8 cm³/mol. The van der Waals surface area contributed by atoms with Crippen molar-refractivity contribution in [2.45, 2.75) is 13.0 Å². The van der Waals surface area contributed by atoms with Crippen LogP contribution in [0.15, 0.2) is 18.2 Å². The van der Waals surface area contributed by atoms with E-state index in [4.69, 9.17) is 4.74 Å². The van der Waals surface area contributed by atoms with Gasteiger partial charge in [-0.05, 0) is 13.0 Å². The van der Waals surface area contributed by atoms with E-state index in [2.05, 4.69) is 17.1 Å². The van der Waals surface area contributed by atoms with Crippen molar-refractivity contribution in [3.63, 3.8) is 0 Å². The molecule has 0 spiro atoms. The summed E-state index contributed by atoms with van der Waals surface area (Å²) in [6.45, 7) is 6.47. The van der Waals surface area contributed by atoms with Crippen LogP contribution in [0.25, 0.3) is 0 Å². The van der Waals surface area contributed by atoms with Crippen molar-refractivity contribution in [1.82, 2.24) is 10.2 Å². The third kappa shape index (κ3) is 4.30. The molecule has 20 heavy (non-hydrogen) atoms. The van der Waals surface area contributed by atoms with Crippen LogP contribution in [0, 0.1) is 0 Å². The summed E-state index contributed by atoms with van der Waals surface area (Å²) < 4.78 is 5.10. The summed E-state index contributed by atoms with van der Waals surface area (Å²) in [6, 6.07) is 5.61. The number of phenolic OH excluding ortho intramolecular Hbond substituents is 1. The number of hydrogen-bond donors (Lipinski definition) is 2. The molecule has 1 atom stereocenters. The molecule has 112 valence electrons. The highest BCUT2D eigenvalue weighted by atomic mass is 32.2. The molecule has 0 bridgehead atoms. The third-order valence-corrected chi connectivity index (χ3v) is 4.63. The number of thioether (sulfide) groups is 1. The largest absolute Gasteiger partial charge is 0.507 e. The van der Waals surface area contributed by atoms with Crippen molar-refractivity contribution in [2.75, 3.05) is 44.8 Å². The highest BCUT2D eigenvalue weighted by molar-refractivity contribution is 7.99. The molecule has 1 aliphatic heterocycles. The van der Waals surface area contributed by atoms with E-state index in [0.717, 1.165) is 18.7 Å². The lowest BCUT2D eigenvalue weighted by Gasteiger charge is -2.27. The maximum atomic E-state index is 10.0. The van der Waals surface area contributed by atoms with Crippen molar-refractivity contribution in [2.24, 2.45) is 0 Å². The maximum Gasteiger partial charge on any atom is 0.124 e. The monoisotopic (exact) mass is 296 g/mol. The van der Waals surface area contributed by atoms with Gasteiger partial charge >= 0.3 is 0 Å². The molecule has 1 aromatic carbocycles. The van der Waals surface area contributed by atoms with Crippen LogP contribution in [0.4, 0.5) is 0 Å². The molecule has 1 fully saturated rings. The number of phenols is 1. The van der Waals surface area contributed by atoms with Gasteiger partial charge < -0.3 is 20.1 Å². The summed E-state index contributed by atoms with van der Waals surface area (Å²) in [5.74, 6) is 3.46. The van der Waals surface area contributed by atoms with E-state index in [-0.39, 0.29) is 6.04 Å². The molecular weight excluding hydrogens is 272 g/mol. The van der Waals surface area contributed by atoms with Crippen LogP contribution in [0.2, 0.25) is 0 Å². The lowest BCUT2D eigenvalue weighted by molar-refractivity contribution is 0.296. The van der Waals surface area contributed by atoms with E-state index < -0.39 is 0 Å². The number of ether oxygens (including phenoxy) is 1. The molecule has 5 heteroatoms. The number of aromatic hydroxyl groups is 1. The number of nitrogens with zero attached hydrogens (tertiary/aromatic N) is 1. The predicted octanol–water partition coefficient (Wildman–Crippen LogP) is 2.10. The fourth-order valence-corrected chi connectivity index (χ4v) is 3.37. The Hall–Kier alpha value is -0.910. The molecule has 4 nitrogen and oxygen atoms in total. The molecule has 0 aliphatic carbocycles. The Labute approximate surface area is 125 Å². The van der Waals surface area contributed by atoms with Gasteiger partial charge in [-0.2, -0.15) is 11.8 Å². The lowest BCUT2D eigenvalue weighted by Crippen LogP contribution is -2.38. The van der Waals surface area contributed by atoms with Crippen LogP contribution in [-0.4, -0.2) is 54.8 Å². The molecule has 2 N–H and O–H groups in total. The first-order valence-corrected chi connectivity index (χ1v) is 8.26. The van der Waals surface area contributed by atoms with Crippen LogP contribution in [-0.2, 0) is 0 Å². The molecule has 1 aliphatic rings. The van der Waals surface area contributed by atoms with Crippen LogP contribution < -0.4 is 10.1 Å². The summed E-state index contributed by atoms with van der Waals surface area (Å²) in [5.41, 5.74) is 0.917. The van der Waals surface area contributed by atoms with E-state index in [1.165, 1.54) is 24.6 Å². The molecule has 1 unspecified atom stereocenters. The normalized spacial score (nSPS) is 17.9. The van der Waals surface area contributed by atoms with E-state index in [1.54, 1.807) is 13.2 Å². The average molecular weight is 296 g/mol. The van der Waals surface area contributed by atoms with Gasteiger partial charge in [-0.3, -0.25) is 0 Å². The topological polar surface area (TPSA) is 44.7 Å². The smallest absolute Gasteiger partial charge is 0.124 e. The summed E-state index contributed by atoms with van der Waals surface area (Å²) in [6.07, 6.45) is 0. The van der Waals surface area contributed by atoms with Crippen LogP contribution in [0.5, 0.6) is 11.5 Å². The second kappa shape index (κ2) is 7.76. The van der Waals surface area contributed by atoms with Gasteiger partial charge in [0, 0.05) is 55.4 Å². The van der Waals surface area contributed by atoms with Crippen LogP contribution in [0.1, 0.15) is 18.5 Å². The number of rotatable bonds is 6. The van der Waals surface area contributed by atoms with E-state index in [1.807, 2.05) is 23.9 Å². The molecule has 1 heterocycles. The first kappa shape index (κ1) is 15.5. The first-order chi connectivity index (χ1) is 9.70. The minimum atomic E-state index is 0.139. The summed E-state index contributed by atoms with van der Waals surface area (Å²) in [7, 11) is 1.60. The van der Waals surface area contributed by atoms with Gasteiger partial charge in [0.15, 0.2) is 0 Å². The van der Waals surface area contributed by atoms with Gasteiger partial charge in [0.2, 0.25) is 0 Å². The lowest BCUT2D eigenvalue weighted by atomic mass is 10.1. The van der Waals surface area contributed by atoms with E-state index in [0.29, 0.717) is 11.5 Å². The quantitative estimate of drug-likeness (QED) is 0.842.